The summed E-state index contributed by atoms with van der Waals surface area (Å²) >= 11 is 0. The Hall–Kier alpha value is -0.200. The first-order chi connectivity index (χ1) is 10.5. The second kappa shape index (κ2) is 7.14. The van der Waals surface area contributed by atoms with Crippen LogP contribution in [0, 0.1) is 0 Å². The molecule has 0 aliphatic carbocycles. The van der Waals surface area contributed by atoms with Gasteiger partial charge in [-0.1, -0.05) is 0 Å². The van der Waals surface area contributed by atoms with Crippen LogP contribution in [0.5, 0.6) is 0 Å². The summed E-state index contributed by atoms with van der Waals surface area (Å²) in [5.41, 5.74) is 0. The fraction of sp³-hybridized carbons (Fsp3) is 1.00. The number of piperazine rings is 2. The van der Waals surface area contributed by atoms with Gasteiger partial charge in [-0.05, 0) is 47.6 Å². The van der Waals surface area contributed by atoms with Crippen LogP contribution in [0.15, 0.2) is 0 Å². The van der Waals surface area contributed by atoms with Crippen LogP contribution in [-0.4, -0.2) is 123 Å². The molecule has 3 heterocycles. The first kappa shape index (κ1) is 16.7. The molecule has 3 unspecified atom stereocenters. The Morgan fingerprint density at radius 1 is 0.636 bits per heavy atom. The van der Waals surface area contributed by atoms with E-state index in [-0.39, 0.29) is 0 Å². The van der Waals surface area contributed by atoms with E-state index < -0.39 is 0 Å². The van der Waals surface area contributed by atoms with Gasteiger partial charge >= 0.3 is 0 Å². The highest BCUT2D eigenvalue weighted by molar-refractivity contribution is 4.96. The molecule has 22 heavy (non-hydrogen) atoms. The zero-order valence-corrected chi connectivity index (χ0v) is 15.0. The van der Waals surface area contributed by atoms with Crippen LogP contribution in [0.4, 0.5) is 0 Å². The molecule has 0 spiro atoms. The lowest BCUT2D eigenvalue weighted by atomic mass is 9.89. The lowest BCUT2D eigenvalue weighted by Gasteiger charge is -2.50. The van der Waals surface area contributed by atoms with Crippen molar-refractivity contribution < 1.29 is 0 Å². The summed E-state index contributed by atoms with van der Waals surface area (Å²) < 4.78 is 0. The molecule has 0 aromatic rings. The van der Waals surface area contributed by atoms with E-state index in [1.807, 2.05) is 0 Å². The molecule has 128 valence electrons. The Balaban J connectivity index is 1.63. The van der Waals surface area contributed by atoms with Gasteiger partial charge in [-0.2, -0.15) is 0 Å². The van der Waals surface area contributed by atoms with Crippen molar-refractivity contribution >= 4 is 0 Å². The molecule has 3 atom stereocenters. The van der Waals surface area contributed by atoms with E-state index in [1.54, 1.807) is 0 Å². The largest absolute Gasteiger partial charge is 0.304 e. The molecule has 0 saturated carbocycles. The van der Waals surface area contributed by atoms with E-state index in [0.717, 1.165) is 6.04 Å². The molecule has 3 aliphatic rings. The SMILES string of the molecule is CN1CCN(C2CCN(C)C(C3CN(C)CCN3C)C2)CC1. The molecule has 3 fully saturated rings. The maximum atomic E-state index is 2.77. The van der Waals surface area contributed by atoms with Crippen molar-refractivity contribution in [3.63, 3.8) is 0 Å². The average molecular weight is 310 g/mol. The second-order valence-electron chi connectivity index (χ2n) is 7.88. The molecule has 0 aromatic carbocycles. The topological polar surface area (TPSA) is 16.2 Å². The van der Waals surface area contributed by atoms with E-state index in [1.165, 1.54) is 65.2 Å². The summed E-state index contributed by atoms with van der Waals surface area (Å²) in [6.07, 6.45) is 2.70. The van der Waals surface area contributed by atoms with E-state index >= 15 is 0 Å². The maximum Gasteiger partial charge on any atom is 0.0376 e. The Bertz CT molecular complexity index is 355. The molecule has 3 saturated heterocycles. The standard InChI is InChI=1S/C17H35N5/c1-18-8-11-22(12-9-18)15-5-6-20(3)16(13-15)17-14-19(2)7-10-21(17)4/h15-17H,5-14H2,1-4H3. The fourth-order valence-corrected chi connectivity index (χ4v) is 4.52. The molecular formula is C17H35N5. The van der Waals surface area contributed by atoms with E-state index in [4.69, 9.17) is 0 Å². The third kappa shape index (κ3) is 3.65. The van der Waals surface area contributed by atoms with Crippen molar-refractivity contribution in [2.75, 3.05) is 80.5 Å². The van der Waals surface area contributed by atoms with Crippen molar-refractivity contribution in [1.29, 1.82) is 0 Å². The molecule has 3 rings (SSSR count). The molecule has 0 aromatic heterocycles. The molecule has 0 amide bonds. The van der Waals surface area contributed by atoms with Crippen molar-refractivity contribution in [2.24, 2.45) is 0 Å². The third-order valence-electron chi connectivity index (χ3n) is 6.29. The van der Waals surface area contributed by atoms with Gasteiger partial charge in [0.15, 0.2) is 0 Å². The minimum Gasteiger partial charge on any atom is -0.304 e. The lowest BCUT2D eigenvalue weighted by molar-refractivity contribution is -0.00409. The van der Waals surface area contributed by atoms with Crippen molar-refractivity contribution in [2.45, 2.75) is 31.0 Å². The van der Waals surface area contributed by atoms with Crippen LogP contribution in [0.2, 0.25) is 0 Å². The Kier molecular flexibility index (Phi) is 5.40. The van der Waals surface area contributed by atoms with E-state index in [0.29, 0.717) is 12.1 Å². The van der Waals surface area contributed by atoms with Gasteiger partial charge in [0, 0.05) is 63.9 Å². The minimum absolute atomic E-state index is 0.694. The zero-order chi connectivity index (χ0) is 15.7. The third-order valence-corrected chi connectivity index (χ3v) is 6.29. The summed E-state index contributed by atoms with van der Waals surface area (Å²) in [4.78, 5) is 13.0. The smallest absolute Gasteiger partial charge is 0.0376 e. The van der Waals surface area contributed by atoms with Crippen LogP contribution in [-0.2, 0) is 0 Å². The predicted octanol–water partition coefficient (Wildman–Crippen LogP) is -0.0576. The van der Waals surface area contributed by atoms with Crippen LogP contribution in [0.1, 0.15) is 12.8 Å². The summed E-state index contributed by atoms with van der Waals surface area (Å²) in [5.74, 6) is 0. The van der Waals surface area contributed by atoms with Crippen LogP contribution in [0.3, 0.4) is 0 Å². The van der Waals surface area contributed by atoms with Crippen LogP contribution < -0.4 is 0 Å². The number of piperidine rings is 1. The highest BCUT2D eigenvalue weighted by Gasteiger charge is 2.38. The van der Waals surface area contributed by atoms with Gasteiger partial charge in [-0.3, -0.25) is 9.80 Å². The first-order valence-corrected chi connectivity index (χ1v) is 9.06. The van der Waals surface area contributed by atoms with Crippen molar-refractivity contribution in [1.82, 2.24) is 24.5 Å². The molecular weight excluding hydrogens is 274 g/mol. The highest BCUT2D eigenvalue weighted by atomic mass is 15.3. The molecule has 3 aliphatic heterocycles. The summed E-state index contributed by atoms with van der Waals surface area (Å²) in [7, 11) is 9.20. The van der Waals surface area contributed by atoms with E-state index in [2.05, 4.69) is 52.7 Å². The van der Waals surface area contributed by atoms with Gasteiger partial charge in [0.1, 0.15) is 0 Å². The predicted molar refractivity (Wildman–Crippen MR) is 92.4 cm³/mol. The van der Waals surface area contributed by atoms with Crippen molar-refractivity contribution in [3.8, 4) is 0 Å². The van der Waals surface area contributed by atoms with Crippen LogP contribution >= 0.6 is 0 Å². The summed E-state index contributed by atoms with van der Waals surface area (Å²) in [5, 5.41) is 0. The highest BCUT2D eigenvalue weighted by Crippen LogP contribution is 2.27. The Morgan fingerprint density at radius 3 is 2.00 bits per heavy atom. The average Bonchev–Trinajstić information content (AvgIpc) is 2.51. The molecule has 0 N–H and O–H groups in total. The monoisotopic (exact) mass is 309 g/mol. The lowest BCUT2D eigenvalue weighted by Crippen LogP contribution is -2.63. The normalized spacial score (nSPS) is 38.5. The number of hydrogen-bond donors (Lipinski definition) is 0. The molecule has 5 nitrogen and oxygen atoms in total. The maximum absolute atomic E-state index is 2.77. The number of nitrogens with zero attached hydrogens (tertiary/aromatic N) is 5. The second-order valence-corrected chi connectivity index (χ2v) is 7.88. The zero-order valence-electron chi connectivity index (χ0n) is 15.0. The van der Waals surface area contributed by atoms with Gasteiger partial charge in [-0.25, -0.2) is 0 Å². The van der Waals surface area contributed by atoms with Gasteiger partial charge < -0.3 is 14.7 Å². The van der Waals surface area contributed by atoms with Gasteiger partial charge in [0.05, 0.1) is 0 Å². The first-order valence-electron chi connectivity index (χ1n) is 9.06. The fourth-order valence-electron chi connectivity index (χ4n) is 4.52. The number of hydrogen-bond acceptors (Lipinski definition) is 5. The van der Waals surface area contributed by atoms with Crippen LogP contribution in [0.25, 0.3) is 0 Å². The number of likely N-dealkylation sites (tertiary alicyclic amines) is 1. The summed E-state index contributed by atoms with van der Waals surface area (Å²) in [6.45, 7) is 9.91. The van der Waals surface area contributed by atoms with E-state index in [9.17, 15) is 0 Å². The van der Waals surface area contributed by atoms with Gasteiger partial charge in [0.2, 0.25) is 0 Å². The summed E-state index contributed by atoms with van der Waals surface area (Å²) in [6, 6.07) is 2.21. The molecule has 5 heteroatoms. The van der Waals surface area contributed by atoms with Crippen molar-refractivity contribution in [3.05, 3.63) is 0 Å². The quantitative estimate of drug-likeness (QED) is 0.708. The molecule has 0 bridgehead atoms. The minimum atomic E-state index is 0.694. The van der Waals surface area contributed by atoms with Gasteiger partial charge in [-0.15, -0.1) is 0 Å². The number of likely N-dealkylation sites (N-methyl/N-ethyl adjacent to an activating group) is 4. The van der Waals surface area contributed by atoms with Gasteiger partial charge in [0.25, 0.3) is 0 Å². The Morgan fingerprint density at radius 2 is 1.27 bits per heavy atom. The number of rotatable bonds is 2. The Labute approximate surface area is 136 Å². The molecule has 0 radical (unpaired) electrons.